The van der Waals surface area contributed by atoms with E-state index in [9.17, 15) is 4.79 Å². The lowest BCUT2D eigenvalue weighted by Crippen LogP contribution is -2.13. The van der Waals surface area contributed by atoms with Crippen molar-refractivity contribution in [3.63, 3.8) is 0 Å². The maximum Gasteiger partial charge on any atom is 0.340 e. The Bertz CT molecular complexity index is 566. The fraction of sp³-hybridized carbons (Fsp3) is 0.235. The fourth-order valence-electron chi connectivity index (χ4n) is 2.10. The van der Waals surface area contributed by atoms with Gasteiger partial charge in [0.1, 0.15) is 6.10 Å². The van der Waals surface area contributed by atoms with Crippen LogP contribution in [0.2, 0.25) is 0 Å². The summed E-state index contributed by atoms with van der Waals surface area (Å²) in [5.41, 5.74) is 7.69. The highest BCUT2D eigenvalue weighted by Gasteiger charge is 2.18. The largest absolute Gasteiger partial charge is 0.454 e. The Labute approximate surface area is 119 Å². The molecule has 3 heteroatoms. The first kappa shape index (κ1) is 14.1. The van der Waals surface area contributed by atoms with Crippen molar-refractivity contribution in [2.24, 2.45) is 0 Å². The second kappa shape index (κ2) is 6.75. The number of rotatable bonds is 5. The summed E-state index contributed by atoms with van der Waals surface area (Å²) in [5.74, 6) is -0.370. The van der Waals surface area contributed by atoms with Gasteiger partial charge in [0.2, 0.25) is 0 Å². The predicted molar refractivity (Wildman–Crippen MR) is 80.4 cm³/mol. The molecule has 1 atom stereocenters. The zero-order valence-electron chi connectivity index (χ0n) is 11.6. The minimum Gasteiger partial charge on any atom is -0.454 e. The molecule has 2 N–H and O–H groups in total. The molecule has 0 amide bonds. The van der Waals surface area contributed by atoms with Gasteiger partial charge in [-0.15, -0.1) is 0 Å². The molecule has 3 nitrogen and oxygen atoms in total. The van der Waals surface area contributed by atoms with Gasteiger partial charge < -0.3 is 10.5 Å². The molecule has 0 radical (unpaired) electrons. The van der Waals surface area contributed by atoms with E-state index < -0.39 is 0 Å². The molecule has 0 aliphatic rings. The quantitative estimate of drug-likeness (QED) is 0.660. The number of hydrogen-bond donors (Lipinski definition) is 1. The standard InChI is InChI=1S/C17H19NO2/c1-2-8-16(13-9-4-3-5-10-13)20-17(19)14-11-6-7-12-15(14)18/h3-7,9-12,16H,2,8,18H2,1H3. The average Bonchev–Trinajstić information content (AvgIpc) is 2.48. The van der Waals surface area contributed by atoms with Gasteiger partial charge in [0, 0.05) is 5.69 Å². The van der Waals surface area contributed by atoms with Crippen LogP contribution in [-0.4, -0.2) is 5.97 Å². The van der Waals surface area contributed by atoms with Crippen molar-refractivity contribution in [2.75, 3.05) is 5.73 Å². The van der Waals surface area contributed by atoms with E-state index in [0.717, 1.165) is 18.4 Å². The number of anilines is 1. The van der Waals surface area contributed by atoms with Gasteiger partial charge in [-0.25, -0.2) is 4.79 Å². The number of nitrogen functional groups attached to an aromatic ring is 1. The molecule has 2 aromatic rings. The highest BCUT2D eigenvalue weighted by molar-refractivity contribution is 5.95. The highest BCUT2D eigenvalue weighted by atomic mass is 16.5. The smallest absolute Gasteiger partial charge is 0.340 e. The summed E-state index contributed by atoms with van der Waals surface area (Å²) >= 11 is 0. The number of para-hydroxylation sites is 1. The number of carbonyl (C=O) groups excluding carboxylic acids is 1. The van der Waals surface area contributed by atoms with Crippen LogP contribution in [0.15, 0.2) is 54.6 Å². The molecule has 0 saturated heterocycles. The van der Waals surface area contributed by atoms with E-state index in [-0.39, 0.29) is 12.1 Å². The highest BCUT2D eigenvalue weighted by Crippen LogP contribution is 2.25. The first-order valence-corrected chi connectivity index (χ1v) is 6.82. The molecular weight excluding hydrogens is 250 g/mol. The Kier molecular flexibility index (Phi) is 4.77. The second-order valence-corrected chi connectivity index (χ2v) is 4.68. The molecule has 0 bridgehead atoms. The molecule has 0 aliphatic carbocycles. The molecule has 2 rings (SSSR count). The van der Waals surface area contributed by atoms with Gasteiger partial charge >= 0.3 is 5.97 Å². The van der Waals surface area contributed by atoms with Crippen LogP contribution in [-0.2, 0) is 4.74 Å². The van der Waals surface area contributed by atoms with E-state index in [4.69, 9.17) is 10.5 Å². The van der Waals surface area contributed by atoms with Crippen LogP contribution >= 0.6 is 0 Å². The molecular formula is C17H19NO2. The third kappa shape index (κ3) is 3.38. The normalized spacial score (nSPS) is 11.8. The average molecular weight is 269 g/mol. The summed E-state index contributed by atoms with van der Waals surface area (Å²) in [4.78, 5) is 12.2. The van der Waals surface area contributed by atoms with Gasteiger partial charge in [-0.3, -0.25) is 0 Å². The molecule has 20 heavy (non-hydrogen) atoms. The Morgan fingerprint density at radius 3 is 2.40 bits per heavy atom. The minimum atomic E-state index is -0.370. The van der Waals surface area contributed by atoms with Crippen molar-refractivity contribution in [3.8, 4) is 0 Å². The topological polar surface area (TPSA) is 52.3 Å². The van der Waals surface area contributed by atoms with E-state index in [1.165, 1.54) is 0 Å². The lowest BCUT2D eigenvalue weighted by atomic mass is 10.1. The van der Waals surface area contributed by atoms with Gasteiger partial charge in [-0.2, -0.15) is 0 Å². The lowest BCUT2D eigenvalue weighted by molar-refractivity contribution is 0.0276. The van der Waals surface area contributed by atoms with Crippen LogP contribution in [0.1, 0.15) is 41.8 Å². The van der Waals surface area contributed by atoms with Crippen LogP contribution < -0.4 is 5.73 Å². The van der Waals surface area contributed by atoms with Gasteiger partial charge in [0.05, 0.1) is 5.56 Å². The van der Waals surface area contributed by atoms with Crippen LogP contribution in [0.4, 0.5) is 5.69 Å². The lowest BCUT2D eigenvalue weighted by Gasteiger charge is -2.18. The van der Waals surface area contributed by atoms with Crippen LogP contribution in [0, 0.1) is 0 Å². The Hall–Kier alpha value is -2.29. The zero-order valence-corrected chi connectivity index (χ0v) is 11.6. The monoisotopic (exact) mass is 269 g/mol. The molecule has 0 aromatic heterocycles. The predicted octanol–water partition coefficient (Wildman–Crippen LogP) is 3.97. The second-order valence-electron chi connectivity index (χ2n) is 4.68. The molecule has 104 valence electrons. The molecule has 2 aromatic carbocycles. The van der Waals surface area contributed by atoms with Crippen LogP contribution in [0.3, 0.4) is 0 Å². The van der Waals surface area contributed by atoms with Crippen LogP contribution in [0.25, 0.3) is 0 Å². The number of ether oxygens (including phenoxy) is 1. The van der Waals surface area contributed by atoms with Crippen molar-refractivity contribution in [1.29, 1.82) is 0 Å². The van der Waals surface area contributed by atoms with Gasteiger partial charge in [0.15, 0.2) is 0 Å². The van der Waals surface area contributed by atoms with Gasteiger partial charge in [-0.1, -0.05) is 55.8 Å². The summed E-state index contributed by atoms with van der Waals surface area (Å²) in [5, 5.41) is 0. The minimum absolute atomic E-state index is 0.228. The number of hydrogen-bond acceptors (Lipinski definition) is 3. The maximum atomic E-state index is 12.2. The third-order valence-electron chi connectivity index (χ3n) is 3.15. The fourth-order valence-corrected chi connectivity index (χ4v) is 2.10. The van der Waals surface area contributed by atoms with Gasteiger partial charge in [-0.05, 0) is 24.1 Å². The van der Waals surface area contributed by atoms with Crippen molar-refractivity contribution in [2.45, 2.75) is 25.9 Å². The number of esters is 1. The maximum absolute atomic E-state index is 12.2. The van der Waals surface area contributed by atoms with Crippen LogP contribution in [0.5, 0.6) is 0 Å². The number of benzene rings is 2. The van der Waals surface area contributed by atoms with Gasteiger partial charge in [0.25, 0.3) is 0 Å². The summed E-state index contributed by atoms with van der Waals surface area (Å²) in [6.07, 6.45) is 1.51. The first-order valence-electron chi connectivity index (χ1n) is 6.82. The number of carbonyl (C=O) groups is 1. The SMILES string of the molecule is CCCC(OC(=O)c1ccccc1N)c1ccccc1. The summed E-state index contributed by atoms with van der Waals surface area (Å²) < 4.78 is 5.62. The van der Waals surface area contributed by atoms with E-state index in [2.05, 4.69) is 6.92 Å². The summed E-state index contributed by atoms with van der Waals surface area (Å²) in [6.45, 7) is 2.07. The Morgan fingerprint density at radius 2 is 1.75 bits per heavy atom. The molecule has 0 spiro atoms. The van der Waals surface area contributed by atoms with Crippen molar-refractivity contribution < 1.29 is 9.53 Å². The molecule has 0 aliphatic heterocycles. The Morgan fingerprint density at radius 1 is 1.10 bits per heavy atom. The summed E-state index contributed by atoms with van der Waals surface area (Å²) in [6, 6.07) is 16.8. The van der Waals surface area contributed by atoms with E-state index in [0.29, 0.717) is 11.3 Å². The first-order chi connectivity index (χ1) is 9.72. The third-order valence-corrected chi connectivity index (χ3v) is 3.15. The summed E-state index contributed by atoms with van der Waals surface area (Å²) in [7, 11) is 0. The number of nitrogens with two attached hydrogens (primary N) is 1. The molecule has 1 unspecified atom stereocenters. The Balaban J connectivity index is 2.17. The van der Waals surface area contributed by atoms with Crippen molar-refractivity contribution in [1.82, 2.24) is 0 Å². The molecule has 0 saturated carbocycles. The van der Waals surface area contributed by atoms with E-state index >= 15 is 0 Å². The van der Waals surface area contributed by atoms with Crippen molar-refractivity contribution >= 4 is 11.7 Å². The van der Waals surface area contributed by atoms with E-state index in [1.807, 2.05) is 30.3 Å². The molecule has 0 heterocycles. The van der Waals surface area contributed by atoms with E-state index in [1.54, 1.807) is 24.3 Å². The van der Waals surface area contributed by atoms with Crippen molar-refractivity contribution in [3.05, 3.63) is 65.7 Å². The molecule has 0 fully saturated rings. The zero-order chi connectivity index (χ0) is 14.4.